The fraction of sp³-hybridized carbons (Fsp3) is 0.500. The first-order valence-corrected chi connectivity index (χ1v) is 5.43. The summed E-state index contributed by atoms with van der Waals surface area (Å²) >= 11 is -0.921. The van der Waals surface area contributed by atoms with E-state index < -0.39 is 21.7 Å². The van der Waals surface area contributed by atoms with Gasteiger partial charge in [0.1, 0.15) is 0 Å². The molecule has 0 aliphatic carbocycles. The Labute approximate surface area is 63.3 Å². The van der Waals surface area contributed by atoms with Crippen LogP contribution in [-0.4, -0.2) is 39.9 Å². The van der Waals surface area contributed by atoms with E-state index in [2.05, 4.69) is 7.08 Å². The molecule has 0 aromatic carbocycles. The van der Waals surface area contributed by atoms with Gasteiger partial charge >= 0.3 is 63.0 Å². The molecule has 4 nitrogen and oxygen atoms in total. The number of aldehydes is 1. The van der Waals surface area contributed by atoms with Crippen molar-refractivity contribution in [1.29, 1.82) is 0 Å². The minimum absolute atomic E-state index is 0.0115. The molecule has 2 radical (unpaired) electrons. The molecule has 1 aliphatic rings. The molecule has 9 heavy (non-hydrogen) atoms. The molecule has 0 aromatic rings. The molecule has 1 saturated heterocycles. The van der Waals surface area contributed by atoms with Gasteiger partial charge < -0.3 is 0 Å². The van der Waals surface area contributed by atoms with Crippen LogP contribution in [0.1, 0.15) is 6.42 Å². The molecule has 0 aromatic heterocycles. The van der Waals surface area contributed by atoms with Crippen molar-refractivity contribution in [3.05, 3.63) is 0 Å². The molecule has 0 bridgehead atoms. The molecule has 1 amide bonds. The summed E-state index contributed by atoms with van der Waals surface area (Å²) in [5, 5.41) is 0. The zero-order chi connectivity index (χ0) is 6.69. The quantitative estimate of drug-likeness (QED) is 0.414. The van der Waals surface area contributed by atoms with Crippen LogP contribution in [0.4, 0.5) is 0 Å². The van der Waals surface area contributed by atoms with Crippen LogP contribution in [0, 0.1) is 0 Å². The average molecular weight is 233 g/mol. The van der Waals surface area contributed by atoms with Crippen molar-refractivity contribution in [2.24, 2.45) is 0 Å². The Hall–Kier alpha value is -0.101. The molecule has 2 N–H and O–H groups in total. The van der Waals surface area contributed by atoms with E-state index in [1.54, 1.807) is 0 Å². The van der Waals surface area contributed by atoms with Gasteiger partial charge in [-0.3, -0.25) is 0 Å². The number of hydrogen-bond donors (Lipinski definition) is 2. The maximum atomic E-state index is 10.6. The van der Waals surface area contributed by atoms with Crippen LogP contribution in [0.3, 0.4) is 0 Å². The second-order valence-corrected chi connectivity index (χ2v) is 4.02. The summed E-state index contributed by atoms with van der Waals surface area (Å²) in [6, 6.07) is -0.203. The average Bonchev–Trinajstić information content (AvgIpc) is 1.88. The predicted octanol–water partition coefficient (Wildman–Crippen LogP) is -1.80. The summed E-state index contributed by atoms with van der Waals surface area (Å²) in [6.45, 7) is 0. The molecule has 1 aliphatic heterocycles. The SMILES string of the molecule is O=CC1CC(=O)[NH][Sn][NH]1. The van der Waals surface area contributed by atoms with E-state index in [-0.39, 0.29) is 11.9 Å². The van der Waals surface area contributed by atoms with Crippen molar-refractivity contribution in [2.75, 3.05) is 0 Å². The maximum absolute atomic E-state index is 10.6. The third-order valence-electron chi connectivity index (χ3n) is 1.03. The topological polar surface area (TPSA) is 58.2 Å². The van der Waals surface area contributed by atoms with E-state index in [1.165, 1.54) is 0 Å². The Morgan fingerprint density at radius 2 is 2.56 bits per heavy atom. The number of amides is 1. The molecule has 0 spiro atoms. The summed E-state index contributed by atoms with van der Waals surface area (Å²) in [4.78, 5) is 20.7. The van der Waals surface area contributed by atoms with Gasteiger partial charge in [0, 0.05) is 0 Å². The predicted molar refractivity (Wildman–Crippen MR) is 31.5 cm³/mol. The molecule has 1 rings (SSSR count). The Bertz CT molecular complexity index is 139. The number of rotatable bonds is 1. The zero-order valence-corrected chi connectivity index (χ0v) is 7.53. The van der Waals surface area contributed by atoms with Gasteiger partial charge in [-0.15, -0.1) is 0 Å². The van der Waals surface area contributed by atoms with E-state index >= 15 is 0 Å². The fourth-order valence-electron chi connectivity index (χ4n) is 0.582. The van der Waals surface area contributed by atoms with Crippen LogP contribution < -0.4 is 7.08 Å². The molecule has 1 unspecified atom stereocenters. The first-order valence-electron chi connectivity index (χ1n) is 2.57. The Kier molecular flexibility index (Phi) is 2.47. The normalized spacial score (nSPS) is 27.1. The fourth-order valence-corrected chi connectivity index (χ4v) is 2.49. The molecular formula is C4H6N2O2Sn. The number of carbonyl (C=O) groups excluding carboxylic acids is 2. The van der Waals surface area contributed by atoms with Crippen LogP contribution in [0.2, 0.25) is 0 Å². The number of carbonyl (C=O) groups is 2. The van der Waals surface area contributed by atoms with E-state index in [0.29, 0.717) is 6.42 Å². The van der Waals surface area contributed by atoms with Crippen LogP contribution >= 0.6 is 0 Å². The standard InChI is InChI=1S/C4H7N2O2.Sn/c5-3(2-7)1-4(6)8;/h2-3,5H,1H2,(H2,6,8);/q-1;+2/p-1. The van der Waals surface area contributed by atoms with Gasteiger partial charge in [0.25, 0.3) is 0 Å². The molecule has 1 heterocycles. The Balaban J connectivity index is 2.40. The zero-order valence-electron chi connectivity index (χ0n) is 4.68. The molecular weight excluding hydrogens is 227 g/mol. The van der Waals surface area contributed by atoms with Gasteiger partial charge in [0.15, 0.2) is 0 Å². The molecule has 1 atom stereocenters. The van der Waals surface area contributed by atoms with Crippen LogP contribution in [-0.2, 0) is 9.59 Å². The first kappa shape index (κ1) is 7.01. The van der Waals surface area contributed by atoms with Crippen molar-refractivity contribution in [3.8, 4) is 0 Å². The summed E-state index contributed by atoms with van der Waals surface area (Å²) < 4.78 is 5.68. The molecule has 48 valence electrons. The van der Waals surface area contributed by atoms with Gasteiger partial charge in [-0.05, 0) is 0 Å². The minimum atomic E-state index is -0.921. The van der Waals surface area contributed by atoms with Crippen molar-refractivity contribution in [3.63, 3.8) is 0 Å². The molecule has 1 fully saturated rings. The monoisotopic (exact) mass is 234 g/mol. The van der Waals surface area contributed by atoms with E-state index in [9.17, 15) is 9.59 Å². The second kappa shape index (κ2) is 3.16. The number of hydrogen-bond acceptors (Lipinski definition) is 3. The van der Waals surface area contributed by atoms with E-state index in [4.69, 9.17) is 0 Å². The van der Waals surface area contributed by atoms with Gasteiger partial charge in [0.2, 0.25) is 0 Å². The first-order chi connectivity index (χ1) is 4.33. The van der Waals surface area contributed by atoms with Gasteiger partial charge in [-0.1, -0.05) is 0 Å². The third kappa shape index (κ3) is 1.94. The second-order valence-electron chi connectivity index (χ2n) is 1.76. The van der Waals surface area contributed by atoms with E-state index in [0.717, 1.165) is 6.29 Å². The Morgan fingerprint density at radius 1 is 1.78 bits per heavy atom. The van der Waals surface area contributed by atoms with Crippen LogP contribution in [0.25, 0.3) is 0 Å². The van der Waals surface area contributed by atoms with Crippen molar-refractivity contribution < 1.29 is 9.59 Å². The summed E-state index contributed by atoms with van der Waals surface area (Å²) in [5.41, 5.74) is 0. The van der Waals surface area contributed by atoms with Crippen molar-refractivity contribution >= 4 is 33.9 Å². The van der Waals surface area contributed by atoms with Gasteiger partial charge in [-0.25, -0.2) is 0 Å². The van der Waals surface area contributed by atoms with Gasteiger partial charge in [0.05, 0.1) is 0 Å². The summed E-state index contributed by atoms with van der Waals surface area (Å²) in [6.07, 6.45) is 1.10. The molecule has 5 heteroatoms. The van der Waals surface area contributed by atoms with Crippen molar-refractivity contribution in [1.82, 2.24) is 7.08 Å². The van der Waals surface area contributed by atoms with Gasteiger partial charge in [-0.2, -0.15) is 0 Å². The number of nitrogens with one attached hydrogen (secondary N) is 2. The van der Waals surface area contributed by atoms with Crippen molar-refractivity contribution in [2.45, 2.75) is 12.5 Å². The van der Waals surface area contributed by atoms with Crippen LogP contribution in [0.15, 0.2) is 0 Å². The summed E-state index contributed by atoms with van der Waals surface area (Å²) in [7, 11) is 0. The Morgan fingerprint density at radius 3 is 3.00 bits per heavy atom. The third-order valence-corrected chi connectivity index (χ3v) is 3.65. The summed E-state index contributed by atoms with van der Waals surface area (Å²) in [5.74, 6) is 0.0115. The van der Waals surface area contributed by atoms with Crippen LogP contribution in [0.5, 0.6) is 0 Å². The molecule has 0 saturated carbocycles. The van der Waals surface area contributed by atoms with E-state index in [1.807, 2.05) is 0 Å².